The van der Waals surface area contributed by atoms with Crippen LogP contribution in [0, 0.1) is 5.92 Å². The third kappa shape index (κ3) is 4.87. The lowest BCUT2D eigenvalue weighted by Gasteiger charge is -2.38. The smallest absolute Gasteiger partial charge is 0.0494 e. The normalized spacial score (nSPS) is 29.7. The largest absolute Gasteiger partial charge is 0.381 e. The zero-order valence-electron chi connectivity index (χ0n) is 12.2. The van der Waals surface area contributed by atoms with Gasteiger partial charge in [0.05, 0.1) is 0 Å². The van der Waals surface area contributed by atoms with Crippen LogP contribution in [0.25, 0.3) is 0 Å². The molecule has 2 fully saturated rings. The number of piperazine rings is 1. The maximum atomic E-state index is 5.72. The van der Waals surface area contributed by atoms with Crippen LogP contribution in [-0.4, -0.2) is 49.8 Å². The van der Waals surface area contributed by atoms with Gasteiger partial charge in [0, 0.05) is 44.9 Å². The molecule has 1 N–H and O–H groups in total. The van der Waals surface area contributed by atoms with Gasteiger partial charge in [-0.2, -0.15) is 0 Å². The third-order valence-corrected chi connectivity index (χ3v) is 4.20. The molecule has 0 spiro atoms. The van der Waals surface area contributed by atoms with Crippen molar-refractivity contribution in [2.75, 3.05) is 32.8 Å². The number of rotatable bonds is 8. The Morgan fingerprint density at radius 2 is 2.17 bits per heavy atom. The van der Waals surface area contributed by atoms with Gasteiger partial charge in [-0.3, -0.25) is 4.90 Å². The zero-order valence-corrected chi connectivity index (χ0v) is 12.2. The highest BCUT2D eigenvalue weighted by atomic mass is 16.5. The van der Waals surface area contributed by atoms with Crippen LogP contribution in [0.2, 0.25) is 0 Å². The summed E-state index contributed by atoms with van der Waals surface area (Å²) in [7, 11) is 0. The van der Waals surface area contributed by atoms with E-state index in [-0.39, 0.29) is 0 Å². The Bertz CT molecular complexity index is 231. The van der Waals surface area contributed by atoms with Gasteiger partial charge in [-0.25, -0.2) is 0 Å². The van der Waals surface area contributed by atoms with Crippen LogP contribution in [0.3, 0.4) is 0 Å². The molecular weight excluding hydrogens is 224 g/mol. The van der Waals surface area contributed by atoms with Crippen molar-refractivity contribution >= 4 is 0 Å². The minimum absolute atomic E-state index is 0.682. The van der Waals surface area contributed by atoms with Gasteiger partial charge >= 0.3 is 0 Å². The van der Waals surface area contributed by atoms with Gasteiger partial charge in [0.25, 0.3) is 0 Å². The Balaban J connectivity index is 1.56. The zero-order chi connectivity index (χ0) is 12.8. The minimum atomic E-state index is 0.682. The Hall–Kier alpha value is -0.120. The molecule has 0 bridgehead atoms. The Kier molecular flexibility index (Phi) is 5.93. The number of ether oxygens (including phenoxy) is 1. The lowest BCUT2D eigenvalue weighted by atomic mass is 10.1. The molecule has 0 amide bonds. The van der Waals surface area contributed by atoms with Crippen molar-refractivity contribution in [3.63, 3.8) is 0 Å². The van der Waals surface area contributed by atoms with E-state index in [1.54, 1.807) is 0 Å². The van der Waals surface area contributed by atoms with Crippen molar-refractivity contribution in [3.8, 4) is 0 Å². The summed E-state index contributed by atoms with van der Waals surface area (Å²) in [4.78, 5) is 2.64. The molecule has 1 heterocycles. The molecule has 0 aromatic heterocycles. The van der Waals surface area contributed by atoms with Crippen LogP contribution in [-0.2, 0) is 4.74 Å². The van der Waals surface area contributed by atoms with Crippen LogP contribution in [0.15, 0.2) is 0 Å². The van der Waals surface area contributed by atoms with Gasteiger partial charge in [0.15, 0.2) is 0 Å². The van der Waals surface area contributed by atoms with E-state index in [4.69, 9.17) is 4.74 Å². The quantitative estimate of drug-likeness (QED) is 0.673. The molecule has 0 aromatic rings. The highest BCUT2D eigenvalue weighted by Gasteiger charge is 2.24. The standard InChI is InChI=1S/C15H30N2O/c1-3-5-15-11-17(13(2)10-16-15)8-4-9-18-12-14-6-7-14/h13-16H,3-12H2,1-2H3. The van der Waals surface area contributed by atoms with Crippen molar-refractivity contribution in [1.82, 2.24) is 10.2 Å². The molecule has 1 saturated heterocycles. The molecule has 1 aliphatic carbocycles. The van der Waals surface area contributed by atoms with Crippen molar-refractivity contribution in [1.29, 1.82) is 0 Å². The molecule has 1 aliphatic heterocycles. The predicted molar refractivity (Wildman–Crippen MR) is 75.9 cm³/mol. The van der Waals surface area contributed by atoms with E-state index in [0.29, 0.717) is 12.1 Å². The summed E-state index contributed by atoms with van der Waals surface area (Å²) in [6.07, 6.45) is 6.57. The summed E-state index contributed by atoms with van der Waals surface area (Å²) >= 11 is 0. The van der Waals surface area contributed by atoms with Crippen LogP contribution in [0.4, 0.5) is 0 Å². The molecule has 2 atom stereocenters. The fourth-order valence-electron chi connectivity index (χ4n) is 2.75. The van der Waals surface area contributed by atoms with Crippen molar-refractivity contribution in [3.05, 3.63) is 0 Å². The van der Waals surface area contributed by atoms with E-state index in [1.807, 2.05) is 0 Å². The van der Waals surface area contributed by atoms with Crippen LogP contribution < -0.4 is 5.32 Å². The Labute approximate surface area is 112 Å². The van der Waals surface area contributed by atoms with Gasteiger partial charge in [-0.05, 0) is 38.5 Å². The highest BCUT2D eigenvalue weighted by molar-refractivity contribution is 4.83. The van der Waals surface area contributed by atoms with Crippen LogP contribution >= 0.6 is 0 Å². The first-order valence-electron chi connectivity index (χ1n) is 7.84. The van der Waals surface area contributed by atoms with E-state index in [1.165, 1.54) is 45.2 Å². The topological polar surface area (TPSA) is 24.5 Å². The average molecular weight is 254 g/mol. The van der Waals surface area contributed by atoms with E-state index < -0.39 is 0 Å². The second-order valence-corrected chi connectivity index (χ2v) is 6.11. The number of nitrogens with zero attached hydrogens (tertiary/aromatic N) is 1. The lowest BCUT2D eigenvalue weighted by Crippen LogP contribution is -2.55. The van der Waals surface area contributed by atoms with Crippen molar-refractivity contribution in [2.45, 2.75) is 58.0 Å². The number of hydrogen-bond acceptors (Lipinski definition) is 3. The van der Waals surface area contributed by atoms with E-state index >= 15 is 0 Å². The fraction of sp³-hybridized carbons (Fsp3) is 1.00. The summed E-state index contributed by atoms with van der Waals surface area (Å²) < 4.78 is 5.72. The third-order valence-electron chi connectivity index (χ3n) is 4.20. The minimum Gasteiger partial charge on any atom is -0.381 e. The maximum absolute atomic E-state index is 5.72. The molecule has 2 unspecified atom stereocenters. The predicted octanol–water partition coefficient (Wildman–Crippen LogP) is 2.27. The molecule has 2 rings (SSSR count). The van der Waals surface area contributed by atoms with E-state index in [0.717, 1.165) is 25.7 Å². The maximum Gasteiger partial charge on any atom is 0.0494 e. The molecule has 3 heteroatoms. The lowest BCUT2D eigenvalue weighted by molar-refractivity contribution is 0.0910. The molecule has 1 saturated carbocycles. The van der Waals surface area contributed by atoms with Gasteiger partial charge in [0.1, 0.15) is 0 Å². The van der Waals surface area contributed by atoms with Gasteiger partial charge < -0.3 is 10.1 Å². The first-order chi connectivity index (χ1) is 8.79. The van der Waals surface area contributed by atoms with Gasteiger partial charge in [-0.15, -0.1) is 0 Å². The second kappa shape index (κ2) is 7.46. The number of hydrogen-bond donors (Lipinski definition) is 1. The van der Waals surface area contributed by atoms with Crippen LogP contribution in [0.5, 0.6) is 0 Å². The summed E-state index contributed by atoms with van der Waals surface area (Å²) in [6.45, 7) is 10.1. The Morgan fingerprint density at radius 1 is 1.33 bits per heavy atom. The molecule has 0 radical (unpaired) electrons. The molecular formula is C15H30N2O. The Morgan fingerprint density at radius 3 is 2.89 bits per heavy atom. The van der Waals surface area contributed by atoms with E-state index in [2.05, 4.69) is 24.1 Å². The highest BCUT2D eigenvalue weighted by Crippen LogP contribution is 2.28. The van der Waals surface area contributed by atoms with E-state index in [9.17, 15) is 0 Å². The number of nitrogens with one attached hydrogen (secondary N) is 1. The summed E-state index contributed by atoms with van der Waals surface area (Å²) in [5.41, 5.74) is 0. The summed E-state index contributed by atoms with van der Waals surface area (Å²) in [5.74, 6) is 0.900. The second-order valence-electron chi connectivity index (χ2n) is 6.11. The van der Waals surface area contributed by atoms with Gasteiger partial charge in [-0.1, -0.05) is 13.3 Å². The fourth-order valence-corrected chi connectivity index (χ4v) is 2.75. The summed E-state index contributed by atoms with van der Waals surface area (Å²) in [6, 6.07) is 1.39. The van der Waals surface area contributed by atoms with Crippen molar-refractivity contribution < 1.29 is 4.74 Å². The first kappa shape index (κ1) is 14.3. The molecule has 2 aliphatic rings. The molecule has 3 nitrogen and oxygen atoms in total. The monoisotopic (exact) mass is 254 g/mol. The molecule has 106 valence electrons. The summed E-state index contributed by atoms with van der Waals surface area (Å²) in [5, 5.41) is 3.65. The van der Waals surface area contributed by atoms with Crippen LogP contribution in [0.1, 0.15) is 46.0 Å². The first-order valence-corrected chi connectivity index (χ1v) is 7.84. The van der Waals surface area contributed by atoms with Crippen molar-refractivity contribution in [2.24, 2.45) is 5.92 Å². The average Bonchev–Trinajstić information content (AvgIpc) is 3.17. The molecule has 18 heavy (non-hydrogen) atoms. The molecule has 0 aromatic carbocycles. The SMILES string of the molecule is CCCC1CN(CCCOCC2CC2)C(C)CN1. The van der Waals surface area contributed by atoms with Gasteiger partial charge in [0.2, 0.25) is 0 Å².